The van der Waals surface area contributed by atoms with Crippen LogP contribution in [0.1, 0.15) is 25.7 Å². The predicted octanol–water partition coefficient (Wildman–Crippen LogP) is 1.36. The van der Waals surface area contributed by atoms with Crippen molar-refractivity contribution in [3.05, 3.63) is 0 Å². The second kappa shape index (κ2) is 2.81. The molecule has 4 fully saturated rings. The molecule has 4 aliphatic carbocycles. The minimum Gasteiger partial charge on any atom is -0.481 e. The summed E-state index contributed by atoms with van der Waals surface area (Å²) in [6.07, 6.45) is 4.09. The molecule has 3 heteroatoms. The number of carboxylic acids is 1. The summed E-state index contributed by atoms with van der Waals surface area (Å²) in [5.41, 5.74) is 0. The zero-order valence-electron chi connectivity index (χ0n) is 9.25. The smallest absolute Gasteiger partial charge is 0.306 e. The maximum atomic E-state index is 11.2. The maximum absolute atomic E-state index is 11.2. The molecule has 3 nitrogen and oxygen atoms in total. The molecule has 0 heterocycles. The molecule has 8 atom stereocenters. The van der Waals surface area contributed by atoms with E-state index >= 15 is 0 Å². The number of carbonyl (C=O) groups is 1. The van der Waals surface area contributed by atoms with Crippen LogP contribution in [0.15, 0.2) is 0 Å². The van der Waals surface area contributed by atoms with Gasteiger partial charge in [-0.2, -0.15) is 0 Å². The molecule has 4 aliphatic rings. The second-order valence-electron chi connectivity index (χ2n) is 6.46. The number of carboxylic acid groups (broad SMARTS) is 1. The monoisotopic (exact) mass is 222 g/mol. The van der Waals surface area contributed by atoms with E-state index in [2.05, 4.69) is 0 Å². The summed E-state index contributed by atoms with van der Waals surface area (Å²) in [6.45, 7) is 0. The van der Waals surface area contributed by atoms with Crippen molar-refractivity contribution in [2.75, 3.05) is 0 Å². The van der Waals surface area contributed by atoms with Gasteiger partial charge >= 0.3 is 5.97 Å². The molecule has 4 bridgehead atoms. The van der Waals surface area contributed by atoms with Crippen molar-refractivity contribution >= 4 is 5.97 Å². The first-order valence-corrected chi connectivity index (χ1v) is 6.57. The van der Waals surface area contributed by atoms with Crippen LogP contribution in [0.2, 0.25) is 0 Å². The van der Waals surface area contributed by atoms with E-state index in [0.29, 0.717) is 23.7 Å². The van der Waals surface area contributed by atoms with Crippen LogP contribution in [-0.2, 0) is 4.79 Å². The summed E-state index contributed by atoms with van der Waals surface area (Å²) in [7, 11) is 0. The van der Waals surface area contributed by atoms with E-state index in [1.54, 1.807) is 0 Å². The first-order chi connectivity index (χ1) is 7.66. The molecule has 4 saturated carbocycles. The standard InChI is InChI=1S/C13H18O3/c14-10-4-6-3-9(10)12-7-1-5(11(6)12)2-8(7)13(15)16/h5-12,14H,1-4H2,(H,15,16). The van der Waals surface area contributed by atoms with Crippen LogP contribution in [0.4, 0.5) is 0 Å². The quantitative estimate of drug-likeness (QED) is 0.659. The Morgan fingerprint density at radius 2 is 1.62 bits per heavy atom. The van der Waals surface area contributed by atoms with Gasteiger partial charge in [0.05, 0.1) is 12.0 Å². The van der Waals surface area contributed by atoms with Crippen molar-refractivity contribution in [2.24, 2.45) is 41.4 Å². The Labute approximate surface area is 94.8 Å². The SMILES string of the molecule is O=C(O)C1CC2CC1C1C3CC(CC3O)C21. The Bertz CT molecular complexity index is 353. The van der Waals surface area contributed by atoms with Crippen molar-refractivity contribution < 1.29 is 15.0 Å². The average Bonchev–Trinajstić information content (AvgIpc) is 2.91. The van der Waals surface area contributed by atoms with Crippen LogP contribution in [0, 0.1) is 41.4 Å². The van der Waals surface area contributed by atoms with Crippen LogP contribution in [0.3, 0.4) is 0 Å². The van der Waals surface area contributed by atoms with E-state index < -0.39 is 5.97 Å². The van der Waals surface area contributed by atoms with E-state index in [4.69, 9.17) is 0 Å². The van der Waals surface area contributed by atoms with Gasteiger partial charge < -0.3 is 10.2 Å². The summed E-state index contributed by atoms with van der Waals surface area (Å²) >= 11 is 0. The van der Waals surface area contributed by atoms with Crippen LogP contribution in [0.25, 0.3) is 0 Å². The van der Waals surface area contributed by atoms with Crippen molar-refractivity contribution in [1.29, 1.82) is 0 Å². The van der Waals surface area contributed by atoms with Crippen LogP contribution in [0.5, 0.6) is 0 Å². The topological polar surface area (TPSA) is 57.5 Å². The highest BCUT2D eigenvalue weighted by molar-refractivity contribution is 5.71. The Hall–Kier alpha value is -0.570. The molecule has 0 aliphatic heterocycles. The number of hydrogen-bond acceptors (Lipinski definition) is 2. The van der Waals surface area contributed by atoms with E-state index in [0.717, 1.165) is 31.1 Å². The summed E-state index contributed by atoms with van der Waals surface area (Å²) in [4.78, 5) is 11.2. The van der Waals surface area contributed by atoms with E-state index in [1.807, 2.05) is 0 Å². The van der Waals surface area contributed by atoms with Gasteiger partial charge in [0.1, 0.15) is 0 Å². The van der Waals surface area contributed by atoms with E-state index in [1.165, 1.54) is 6.42 Å². The number of aliphatic carboxylic acids is 1. The second-order valence-corrected chi connectivity index (χ2v) is 6.46. The molecule has 8 unspecified atom stereocenters. The maximum Gasteiger partial charge on any atom is 0.306 e. The number of aliphatic hydroxyl groups is 1. The highest BCUT2D eigenvalue weighted by Crippen LogP contribution is 2.68. The third kappa shape index (κ3) is 0.922. The molecule has 4 rings (SSSR count). The molecule has 0 aromatic carbocycles. The third-order valence-corrected chi connectivity index (χ3v) is 6.10. The first-order valence-electron chi connectivity index (χ1n) is 6.57. The molecule has 0 amide bonds. The van der Waals surface area contributed by atoms with Crippen LogP contribution >= 0.6 is 0 Å². The lowest BCUT2D eigenvalue weighted by atomic mass is 9.67. The number of rotatable bonds is 1. The fourth-order valence-electron chi connectivity index (χ4n) is 5.85. The fourth-order valence-corrected chi connectivity index (χ4v) is 5.85. The van der Waals surface area contributed by atoms with E-state index in [9.17, 15) is 15.0 Å². The van der Waals surface area contributed by atoms with Crippen LogP contribution in [-0.4, -0.2) is 22.3 Å². The van der Waals surface area contributed by atoms with Crippen molar-refractivity contribution in [1.82, 2.24) is 0 Å². The van der Waals surface area contributed by atoms with Gasteiger partial charge in [-0.15, -0.1) is 0 Å². The van der Waals surface area contributed by atoms with Crippen molar-refractivity contribution in [3.8, 4) is 0 Å². The molecular formula is C13H18O3. The Balaban J connectivity index is 1.68. The largest absolute Gasteiger partial charge is 0.481 e. The molecule has 0 aromatic heterocycles. The summed E-state index contributed by atoms with van der Waals surface area (Å²) in [6, 6.07) is 0. The molecule has 0 aromatic rings. The highest BCUT2D eigenvalue weighted by Gasteiger charge is 2.65. The minimum atomic E-state index is -0.594. The molecule has 0 spiro atoms. The molecule has 16 heavy (non-hydrogen) atoms. The fraction of sp³-hybridized carbons (Fsp3) is 0.923. The molecular weight excluding hydrogens is 204 g/mol. The Morgan fingerprint density at radius 3 is 2.38 bits per heavy atom. The zero-order valence-corrected chi connectivity index (χ0v) is 9.25. The van der Waals surface area contributed by atoms with Gasteiger partial charge in [0.25, 0.3) is 0 Å². The molecule has 2 N–H and O–H groups in total. The Morgan fingerprint density at radius 1 is 0.938 bits per heavy atom. The van der Waals surface area contributed by atoms with Gasteiger partial charge in [-0.25, -0.2) is 0 Å². The van der Waals surface area contributed by atoms with Gasteiger partial charge in [-0.05, 0) is 61.2 Å². The van der Waals surface area contributed by atoms with Gasteiger partial charge in [-0.1, -0.05) is 0 Å². The number of hydrogen-bond donors (Lipinski definition) is 2. The summed E-state index contributed by atoms with van der Waals surface area (Å²) in [5.74, 6) is 2.83. The molecule has 0 saturated heterocycles. The normalized spacial score (nSPS) is 61.6. The Kier molecular flexibility index (Phi) is 1.66. The average molecular weight is 222 g/mol. The number of fused-ring (bicyclic) bond motifs is 9. The van der Waals surface area contributed by atoms with Gasteiger partial charge in [0.15, 0.2) is 0 Å². The summed E-state index contributed by atoms with van der Waals surface area (Å²) in [5, 5.41) is 19.2. The molecule has 88 valence electrons. The number of aliphatic hydroxyl groups excluding tert-OH is 1. The summed E-state index contributed by atoms with van der Waals surface area (Å²) < 4.78 is 0. The zero-order chi connectivity index (χ0) is 11.0. The lowest BCUT2D eigenvalue weighted by Gasteiger charge is -2.39. The van der Waals surface area contributed by atoms with E-state index in [-0.39, 0.29) is 12.0 Å². The van der Waals surface area contributed by atoms with Gasteiger partial charge in [0, 0.05) is 0 Å². The van der Waals surface area contributed by atoms with Crippen molar-refractivity contribution in [3.63, 3.8) is 0 Å². The lowest BCUT2D eigenvalue weighted by molar-refractivity contribution is -0.145. The van der Waals surface area contributed by atoms with Gasteiger partial charge in [-0.3, -0.25) is 4.79 Å². The molecule has 0 radical (unpaired) electrons. The highest BCUT2D eigenvalue weighted by atomic mass is 16.4. The van der Waals surface area contributed by atoms with Crippen LogP contribution < -0.4 is 0 Å². The van der Waals surface area contributed by atoms with Gasteiger partial charge in [0.2, 0.25) is 0 Å². The van der Waals surface area contributed by atoms with Crippen molar-refractivity contribution in [2.45, 2.75) is 31.8 Å². The first kappa shape index (κ1) is 9.46. The minimum absolute atomic E-state index is 0.0993. The predicted molar refractivity (Wildman–Crippen MR) is 56.5 cm³/mol. The third-order valence-electron chi connectivity index (χ3n) is 6.10. The lowest BCUT2D eigenvalue weighted by Crippen LogP contribution is -2.39.